The van der Waals surface area contributed by atoms with Crippen molar-refractivity contribution in [2.75, 3.05) is 0 Å². The van der Waals surface area contributed by atoms with E-state index in [2.05, 4.69) is 5.09 Å². The SMILES string of the molecule is O=C(O)CCCCC(NP(=O)(O)Cc1ccccc1)C(=O)O. The van der Waals surface area contributed by atoms with Crippen LogP contribution < -0.4 is 5.09 Å². The first kappa shape index (κ1) is 18.4. The molecule has 0 saturated carbocycles. The number of unbranched alkanes of at least 4 members (excludes halogenated alkanes) is 1. The van der Waals surface area contributed by atoms with Gasteiger partial charge in [-0.25, -0.2) is 5.09 Å². The Bertz CT molecular complexity index is 548. The highest BCUT2D eigenvalue weighted by Gasteiger charge is 2.27. The van der Waals surface area contributed by atoms with Crippen molar-refractivity contribution in [3.8, 4) is 0 Å². The molecule has 1 aromatic carbocycles. The quantitative estimate of drug-likeness (QED) is 0.382. The molecule has 2 atom stereocenters. The molecule has 8 heteroatoms. The summed E-state index contributed by atoms with van der Waals surface area (Å²) < 4.78 is 12.1. The fourth-order valence-corrected chi connectivity index (χ4v) is 3.51. The van der Waals surface area contributed by atoms with Gasteiger partial charge in [-0.2, -0.15) is 0 Å². The summed E-state index contributed by atoms with van der Waals surface area (Å²) in [6.45, 7) is 0. The highest BCUT2D eigenvalue weighted by molar-refractivity contribution is 7.55. The van der Waals surface area contributed by atoms with E-state index < -0.39 is 25.5 Å². The molecule has 2 unspecified atom stereocenters. The van der Waals surface area contributed by atoms with E-state index in [-0.39, 0.29) is 19.0 Å². The second-order valence-corrected chi connectivity index (χ2v) is 6.98. The van der Waals surface area contributed by atoms with E-state index in [1.54, 1.807) is 30.3 Å². The van der Waals surface area contributed by atoms with Gasteiger partial charge in [0, 0.05) is 6.42 Å². The number of aliphatic carboxylic acids is 2. The molecular weight excluding hydrogens is 309 g/mol. The lowest BCUT2D eigenvalue weighted by molar-refractivity contribution is -0.139. The van der Waals surface area contributed by atoms with Gasteiger partial charge in [-0.05, 0) is 18.4 Å². The lowest BCUT2D eigenvalue weighted by Gasteiger charge is -2.19. The zero-order chi connectivity index (χ0) is 16.6. The van der Waals surface area contributed by atoms with Gasteiger partial charge in [0.25, 0.3) is 7.52 Å². The van der Waals surface area contributed by atoms with Crippen molar-refractivity contribution < 1.29 is 29.3 Å². The number of carboxylic acids is 2. The van der Waals surface area contributed by atoms with E-state index in [4.69, 9.17) is 10.2 Å². The van der Waals surface area contributed by atoms with Gasteiger partial charge in [0.05, 0.1) is 6.16 Å². The van der Waals surface area contributed by atoms with Gasteiger partial charge in [0.2, 0.25) is 0 Å². The van der Waals surface area contributed by atoms with Crippen molar-refractivity contribution in [1.29, 1.82) is 0 Å². The van der Waals surface area contributed by atoms with Crippen LogP contribution >= 0.6 is 7.52 Å². The summed E-state index contributed by atoms with van der Waals surface area (Å²) in [6.07, 6.45) is 0.568. The number of nitrogens with one attached hydrogen (secondary N) is 1. The third-order valence-corrected chi connectivity index (χ3v) is 4.54. The molecule has 4 N–H and O–H groups in total. The van der Waals surface area contributed by atoms with Gasteiger partial charge in [0.1, 0.15) is 6.04 Å². The summed E-state index contributed by atoms with van der Waals surface area (Å²) in [7, 11) is -3.84. The molecule has 0 aromatic heterocycles. The Labute approximate surface area is 128 Å². The summed E-state index contributed by atoms with van der Waals surface area (Å²) >= 11 is 0. The van der Waals surface area contributed by atoms with Gasteiger partial charge in [-0.1, -0.05) is 36.8 Å². The molecule has 0 amide bonds. The van der Waals surface area contributed by atoms with Crippen LogP contribution in [0, 0.1) is 0 Å². The van der Waals surface area contributed by atoms with Crippen LogP contribution in [0.3, 0.4) is 0 Å². The first-order chi connectivity index (χ1) is 10.3. The van der Waals surface area contributed by atoms with Gasteiger partial charge in [0.15, 0.2) is 0 Å². The number of hydrogen-bond donors (Lipinski definition) is 4. The van der Waals surface area contributed by atoms with Gasteiger partial charge in [-0.3, -0.25) is 14.2 Å². The van der Waals surface area contributed by atoms with Crippen LogP contribution in [0.1, 0.15) is 31.2 Å². The minimum atomic E-state index is -3.84. The number of carbonyl (C=O) groups is 2. The molecule has 0 aliphatic carbocycles. The standard InChI is InChI=1S/C14H20NO6P/c16-13(17)9-5-4-8-12(14(18)19)15-22(20,21)10-11-6-2-1-3-7-11/h1-3,6-7,12H,4-5,8-10H2,(H,16,17)(H,18,19)(H2,15,20,21). The minimum Gasteiger partial charge on any atom is -0.481 e. The van der Waals surface area contributed by atoms with Crippen LogP contribution in [0.5, 0.6) is 0 Å². The molecule has 0 aliphatic heterocycles. The van der Waals surface area contributed by atoms with Crippen LogP contribution in [0.15, 0.2) is 30.3 Å². The molecule has 0 saturated heterocycles. The fourth-order valence-electron chi connectivity index (χ4n) is 1.99. The number of rotatable bonds is 10. The van der Waals surface area contributed by atoms with E-state index in [0.717, 1.165) is 0 Å². The van der Waals surface area contributed by atoms with Crippen molar-refractivity contribution in [1.82, 2.24) is 5.09 Å². The predicted octanol–water partition coefficient (Wildman–Crippen LogP) is 2.06. The molecule has 0 heterocycles. The lowest BCUT2D eigenvalue weighted by Crippen LogP contribution is -2.34. The maximum atomic E-state index is 12.1. The third kappa shape index (κ3) is 7.36. The second-order valence-electron chi connectivity index (χ2n) is 5.00. The zero-order valence-corrected chi connectivity index (χ0v) is 12.9. The Morgan fingerprint density at radius 1 is 1.14 bits per heavy atom. The van der Waals surface area contributed by atoms with Crippen LogP contribution in [-0.4, -0.2) is 33.1 Å². The molecule has 122 valence electrons. The van der Waals surface area contributed by atoms with Crippen molar-refractivity contribution in [2.45, 2.75) is 37.9 Å². The van der Waals surface area contributed by atoms with E-state index in [1.807, 2.05) is 0 Å². The zero-order valence-electron chi connectivity index (χ0n) is 12.0. The number of carboxylic acid groups (broad SMARTS) is 2. The average Bonchev–Trinajstić information content (AvgIpc) is 2.42. The summed E-state index contributed by atoms with van der Waals surface area (Å²) in [5, 5.41) is 19.9. The van der Waals surface area contributed by atoms with E-state index in [1.165, 1.54) is 0 Å². The highest BCUT2D eigenvalue weighted by atomic mass is 31.2. The Kier molecular flexibility index (Phi) is 7.24. The third-order valence-electron chi connectivity index (χ3n) is 3.03. The fraction of sp³-hybridized carbons (Fsp3) is 0.429. The first-order valence-corrected chi connectivity index (χ1v) is 8.73. The Morgan fingerprint density at radius 3 is 2.32 bits per heavy atom. The van der Waals surface area contributed by atoms with Gasteiger partial charge < -0.3 is 15.1 Å². The Morgan fingerprint density at radius 2 is 1.77 bits per heavy atom. The lowest BCUT2D eigenvalue weighted by atomic mass is 10.1. The molecule has 22 heavy (non-hydrogen) atoms. The average molecular weight is 329 g/mol. The maximum Gasteiger partial charge on any atom is 0.321 e. The predicted molar refractivity (Wildman–Crippen MR) is 80.6 cm³/mol. The molecule has 0 bridgehead atoms. The van der Waals surface area contributed by atoms with Crippen LogP contribution in [0.25, 0.3) is 0 Å². The summed E-state index contributed by atoms with van der Waals surface area (Å²) in [4.78, 5) is 31.5. The molecule has 1 rings (SSSR count). The van der Waals surface area contributed by atoms with Crippen molar-refractivity contribution in [3.05, 3.63) is 35.9 Å². The largest absolute Gasteiger partial charge is 0.481 e. The Hall–Kier alpha value is -1.69. The molecule has 0 aliphatic rings. The highest BCUT2D eigenvalue weighted by Crippen LogP contribution is 2.40. The van der Waals surface area contributed by atoms with E-state index in [9.17, 15) is 19.0 Å². The molecule has 0 radical (unpaired) electrons. The number of benzene rings is 1. The topological polar surface area (TPSA) is 124 Å². The van der Waals surface area contributed by atoms with Crippen LogP contribution in [0.4, 0.5) is 0 Å². The van der Waals surface area contributed by atoms with Crippen molar-refractivity contribution in [3.63, 3.8) is 0 Å². The summed E-state index contributed by atoms with van der Waals surface area (Å²) in [5.41, 5.74) is 0.635. The molecular formula is C14H20NO6P. The monoisotopic (exact) mass is 329 g/mol. The first-order valence-electron chi connectivity index (χ1n) is 6.88. The maximum absolute atomic E-state index is 12.1. The molecule has 0 fully saturated rings. The smallest absolute Gasteiger partial charge is 0.321 e. The summed E-state index contributed by atoms with van der Waals surface area (Å²) in [6, 6.07) is 7.45. The van der Waals surface area contributed by atoms with Crippen LogP contribution in [0.2, 0.25) is 0 Å². The van der Waals surface area contributed by atoms with E-state index in [0.29, 0.717) is 18.4 Å². The number of hydrogen-bond acceptors (Lipinski definition) is 3. The summed E-state index contributed by atoms with van der Waals surface area (Å²) in [5.74, 6) is -2.17. The molecule has 7 nitrogen and oxygen atoms in total. The van der Waals surface area contributed by atoms with Crippen LogP contribution in [-0.2, 0) is 20.3 Å². The molecule has 0 spiro atoms. The normalized spacial score (nSPS) is 15.0. The molecule has 1 aromatic rings. The van der Waals surface area contributed by atoms with E-state index >= 15 is 0 Å². The Balaban J connectivity index is 2.55. The van der Waals surface area contributed by atoms with Crippen molar-refractivity contribution >= 4 is 19.5 Å². The van der Waals surface area contributed by atoms with Gasteiger partial charge >= 0.3 is 11.9 Å². The van der Waals surface area contributed by atoms with Gasteiger partial charge in [-0.15, -0.1) is 0 Å². The van der Waals surface area contributed by atoms with Crippen molar-refractivity contribution in [2.24, 2.45) is 0 Å². The second kappa shape index (κ2) is 8.68. The minimum absolute atomic E-state index is 0.0485.